The van der Waals surface area contributed by atoms with E-state index < -0.39 is 10.0 Å². The van der Waals surface area contributed by atoms with E-state index in [4.69, 9.17) is 4.74 Å². The van der Waals surface area contributed by atoms with Gasteiger partial charge in [-0.05, 0) is 56.3 Å². The molecule has 8 heteroatoms. The van der Waals surface area contributed by atoms with Crippen molar-refractivity contribution < 1.29 is 13.2 Å². The lowest BCUT2D eigenvalue weighted by Crippen LogP contribution is -2.38. The van der Waals surface area contributed by atoms with Crippen LogP contribution in [0.4, 0.5) is 0 Å². The molecular formula is C21H30N4O3S. The number of sulfonamides is 1. The van der Waals surface area contributed by atoms with Crippen molar-refractivity contribution in [1.29, 1.82) is 0 Å². The van der Waals surface area contributed by atoms with Crippen molar-refractivity contribution >= 4 is 16.0 Å². The van der Waals surface area contributed by atoms with Crippen molar-refractivity contribution in [1.82, 2.24) is 14.9 Å². The topological polar surface area (TPSA) is 83.0 Å². The van der Waals surface area contributed by atoms with Crippen LogP contribution in [0.2, 0.25) is 0 Å². The molecule has 0 aliphatic heterocycles. The Kier molecular flexibility index (Phi) is 8.48. The molecule has 0 spiro atoms. The van der Waals surface area contributed by atoms with Crippen molar-refractivity contribution in [3.05, 3.63) is 59.7 Å². The molecule has 0 heterocycles. The van der Waals surface area contributed by atoms with Crippen LogP contribution in [-0.4, -0.2) is 46.5 Å². The second-order valence-corrected chi connectivity index (χ2v) is 8.34. The molecule has 158 valence electrons. The molecule has 0 fully saturated rings. The predicted octanol–water partition coefficient (Wildman–Crippen LogP) is 2.59. The molecule has 2 aromatic rings. The summed E-state index contributed by atoms with van der Waals surface area (Å²) in [4.78, 5) is 6.98. The highest BCUT2D eigenvalue weighted by Gasteiger charge is 2.11. The molecule has 0 amide bonds. The van der Waals surface area contributed by atoms with Gasteiger partial charge in [-0.2, -0.15) is 0 Å². The van der Waals surface area contributed by atoms with Crippen LogP contribution < -0.4 is 14.8 Å². The molecule has 7 nitrogen and oxygen atoms in total. The first-order valence-electron chi connectivity index (χ1n) is 9.63. The molecule has 0 radical (unpaired) electrons. The first-order chi connectivity index (χ1) is 13.9. The SMILES string of the molecule is CCNC(=NCc1ccc(S(=O)(=O)NC)cc1)N(C)Cc1ccc(OCC)cc1. The molecule has 0 saturated carbocycles. The normalized spacial score (nSPS) is 11.9. The number of aliphatic imine (C=N–C) groups is 1. The number of hydrogen-bond acceptors (Lipinski definition) is 4. The van der Waals surface area contributed by atoms with E-state index in [0.717, 1.165) is 29.4 Å². The Labute approximate surface area is 173 Å². The minimum Gasteiger partial charge on any atom is -0.494 e. The zero-order valence-electron chi connectivity index (χ0n) is 17.5. The lowest BCUT2D eigenvalue weighted by Gasteiger charge is -2.22. The molecule has 0 unspecified atom stereocenters. The molecule has 2 rings (SSSR count). The molecule has 0 saturated heterocycles. The summed E-state index contributed by atoms with van der Waals surface area (Å²) in [6, 6.07) is 14.8. The number of guanidine groups is 1. The largest absolute Gasteiger partial charge is 0.494 e. The smallest absolute Gasteiger partial charge is 0.240 e. The second-order valence-electron chi connectivity index (χ2n) is 6.45. The quantitative estimate of drug-likeness (QED) is 0.483. The molecule has 2 aromatic carbocycles. The standard InChI is InChI=1S/C21H30N4O3S/c1-5-23-21(25(4)16-18-7-11-19(12-8-18)28-6-2)24-15-17-9-13-20(14-10-17)29(26,27)22-3/h7-14,22H,5-6,15-16H2,1-4H3,(H,23,24). The molecule has 29 heavy (non-hydrogen) atoms. The van der Waals surface area contributed by atoms with Gasteiger partial charge in [-0.3, -0.25) is 0 Å². The number of rotatable bonds is 9. The van der Waals surface area contributed by atoms with Crippen molar-refractivity contribution in [3.63, 3.8) is 0 Å². The van der Waals surface area contributed by atoms with E-state index in [1.165, 1.54) is 7.05 Å². The summed E-state index contributed by atoms with van der Waals surface area (Å²) in [7, 11) is -0.0392. The van der Waals surface area contributed by atoms with E-state index >= 15 is 0 Å². The first kappa shape index (κ1) is 22.7. The molecule has 0 aliphatic carbocycles. The van der Waals surface area contributed by atoms with Gasteiger partial charge in [0.15, 0.2) is 5.96 Å². The van der Waals surface area contributed by atoms with Gasteiger partial charge in [-0.15, -0.1) is 0 Å². The van der Waals surface area contributed by atoms with Crippen molar-refractivity contribution in [2.24, 2.45) is 4.99 Å². The maximum Gasteiger partial charge on any atom is 0.240 e. The van der Waals surface area contributed by atoms with Crippen LogP contribution in [0.3, 0.4) is 0 Å². The van der Waals surface area contributed by atoms with Crippen molar-refractivity contribution in [3.8, 4) is 5.75 Å². The van der Waals surface area contributed by atoms with E-state index in [9.17, 15) is 8.42 Å². The summed E-state index contributed by atoms with van der Waals surface area (Å²) >= 11 is 0. The Hall–Kier alpha value is -2.58. The van der Waals surface area contributed by atoms with Gasteiger partial charge in [0, 0.05) is 20.1 Å². The van der Waals surface area contributed by atoms with Crippen LogP contribution in [0, 0.1) is 0 Å². The van der Waals surface area contributed by atoms with Gasteiger partial charge in [0.05, 0.1) is 18.0 Å². The fourth-order valence-corrected chi connectivity index (χ4v) is 3.46. The van der Waals surface area contributed by atoms with Crippen LogP contribution in [0.1, 0.15) is 25.0 Å². The first-order valence-corrected chi connectivity index (χ1v) is 11.1. The van der Waals surface area contributed by atoms with Crippen LogP contribution in [0.25, 0.3) is 0 Å². The summed E-state index contributed by atoms with van der Waals surface area (Å²) in [5, 5.41) is 3.29. The van der Waals surface area contributed by atoms with E-state index in [1.807, 2.05) is 45.2 Å². The van der Waals surface area contributed by atoms with E-state index in [-0.39, 0.29) is 4.90 Å². The average molecular weight is 419 g/mol. The Morgan fingerprint density at radius 3 is 2.21 bits per heavy atom. The molecule has 0 aliphatic rings. The van der Waals surface area contributed by atoms with Crippen molar-refractivity contribution in [2.75, 3.05) is 27.2 Å². The van der Waals surface area contributed by atoms with E-state index in [1.54, 1.807) is 24.3 Å². The molecular weight excluding hydrogens is 388 g/mol. The van der Waals surface area contributed by atoms with Gasteiger partial charge < -0.3 is 15.0 Å². The number of ether oxygens (including phenoxy) is 1. The average Bonchev–Trinajstić information content (AvgIpc) is 2.73. The van der Waals surface area contributed by atoms with Gasteiger partial charge in [-0.25, -0.2) is 18.1 Å². The minimum absolute atomic E-state index is 0.243. The summed E-state index contributed by atoms with van der Waals surface area (Å²) < 4.78 is 31.4. The minimum atomic E-state index is -3.43. The molecule has 2 N–H and O–H groups in total. The maximum absolute atomic E-state index is 11.8. The summed E-state index contributed by atoms with van der Waals surface area (Å²) in [6.07, 6.45) is 0. The number of nitrogens with one attached hydrogen (secondary N) is 2. The molecule has 0 atom stereocenters. The van der Waals surface area contributed by atoms with Gasteiger partial charge in [0.25, 0.3) is 0 Å². The molecule has 0 aromatic heterocycles. The number of benzene rings is 2. The third-order valence-corrected chi connectivity index (χ3v) is 5.69. The monoisotopic (exact) mass is 418 g/mol. The second kappa shape index (κ2) is 10.8. The highest BCUT2D eigenvalue weighted by Crippen LogP contribution is 2.14. The van der Waals surface area contributed by atoms with Crippen LogP contribution in [0.15, 0.2) is 58.4 Å². The number of nitrogens with zero attached hydrogens (tertiary/aromatic N) is 2. The maximum atomic E-state index is 11.8. The Bertz CT molecular complexity index is 895. The van der Waals surface area contributed by atoms with Gasteiger partial charge in [0.1, 0.15) is 5.75 Å². The third-order valence-electron chi connectivity index (χ3n) is 4.26. The Balaban J connectivity index is 2.06. The van der Waals surface area contributed by atoms with Gasteiger partial charge in [-0.1, -0.05) is 24.3 Å². The van der Waals surface area contributed by atoms with E-state index in [0.29, 0.717) is 19.7 Å². The molecule has 0 bridgehead atoms. The number of hydrogen-bond donors (Lipinski definition) is 2. The Morgan fingerprint density at radius 1 is 1.03 bits per heavy atom. The van der Waals surface area contributed by atoms with Crippen molar-refractivity contribution in [2.45, 2.75) is 31.8 Å². The third kappa shape index (κ3) is 6.76. The van der Waals surface area contributed by atoms with Crippen LogP contribution in [0.5, 0.6) is 5.75 Å². The zero-order valence-corrected chi connectivity index (χ0v) is 18.3. The summed E-state index contributed by atoms with van der Waals surface area (Å²) in [5.74, 6) is 1.65. The van der Waals surface area contributed by atoms with E-state index in [2.05, 4.69) is 19.9 Å². The lowest BCUT2D eigenvalue weighted by atomic mass is 10.2. The van der Waals surface area contributed by atoms with Gasteiger partial charge >= 0.3 is 0 Å². The summed E-state index contributed by atoms with van der Waals surface area (Å²) in [6.45, 7) is 6.56. The highest BCUT2D eigenvalue weighted by molar-refractivity contribution is 7.89. The summed E-state index contributed by atoms with van der Waals surface area (Å²) in [5.41, 5.74) is 2.09. The predicted molar refractivity (Wildman–Crippen MR) is 117 cm³/mol. The van der Waals surface area contributed by atoms with Crippen LogP contribution >= 0.6 is 0 Å². The van der Waals surface area contributed by atoms with Gasteiger partial charge in [0.2, 0.25) is 10.0 Å². The Morgan fingerprint density at radius 2 is 1.66 bits per heavy atom. The highest BCUT2D eigenvalue weighted by atomic mass is 32.2. The lowest BCUT2D eigenvalue weighted by molar-refractivity contribution is 0.340. The zero-order chi connectivity index (χ0) is 21.3. The fraction of sp³-hybridized carbons (Fsp3) is 0.381. The van der Waals surface area contributed by atoms with Crippen LogP contribution in [-0.2, 0) is 23.1 Å². The fourth-order valence-electron chi connectivity index (χ4n) is 2.73.